The van der Waals surface area contributed by atoms with Crippen LogP contribution in [0, 0.1) is 11.8 Å². The molecule has 90 valence electrons. The van der Waals surface area contributed by atoms with Gasteiger partial charge in [0.2, 0.25) is 0 Å². The van der Waals surface area contributed by atoms with Crippen molar-refractivity contribution in [3.8, 4) is 0 Å². The smallest absolute Gasteiger partial charge is 0.0314 e. The van der Waals surface area contributed by atoms with Crippen molar-refractivity contribution in [2.24, 2.45) is 17.6 Å². The Morgan fingerprint density at radius 2 is 2.38 bits per heavy atom. The highest BCUT2D eigenvalue weighted by Crippen LogP contribution is 2.36. The molecule has 3 atom stereocenters. The van der Waals surface area contributed by atoms with Gasteiger partial charge in [-0.05, 0) is 58.5 Å². The minimum atomic E-state index is 0.353. The standard InChI is InChI=1S/C13H20BrNS/c1-2-9-3-4-10(7-9)12(15)8-13-11(14)5-6-16-13/h5-6,9-10,12H,2-4,7-8,15H2,1H3. The highest BCUT2D eigenvalue weighted by atomic mass is 79.9. The summed E-state index contributed by atoms with van der Waals surface area (Å²) in [6.45, 7) is 2.30. The Morgan fingerprint density at radius 3 is 2.94 bits per heavy atom. The molecule has 1 aromatic heterocycles. The Hall–Kier alpha value is 0.140. The topological polar surface area (TPSA) is 26.0 Å². The second-order valence-corrected chi connectivity index (χ2v) is 6.76. The average Bonchev–Trinajstić information content (AvgIpc) is 2.88. The number of rotatable bonds is 4. The van der Waals surface area contributed by atoms with Crippen molar-refractivity contribution in [3.05, 3.63) is 20.8 Å². The monoisotopic (exact) mass is 301 g/mol. The molecule has 0 spiro atoms. The van der Waals surface area contributed by atoms with Crippen LogP contribution in [0.1, 0.15) is 37.5 Å². The van der Waals surface area contributed by atoms with Gasteiger partial charge in [-0.2, -0.15) is 0 Å². The molecule has 3 unspecified atom stereocenters. The minimum Gasteiger partial charge on any atom is -0.327 e. The number of nitrogens with two attached hydrogens (primary N) is 1. The van der Waals surface area contributed by atoms with Crippen LogP contribution < -0.4 is 5.73 Å². The van der Waals surface area contributed by atoms with E-state index in [1.165, 1.54) is 35.0 Å². The summed E-state index contributed by atoms with van der Waals surface area (Å²) in [4.78, 5) is 1.41. The molecule has 2 N–H and O–H groups in total. The third-order valence-corrected chi connectivity index (χ3v) is 5.83. The largest absolute Gasteiger partial charge is 0.327 e. The summed E-state index contributed by atoms with van der Waals surface area (Å²) in [6.07, 6.45) is 6.44. The first kappa shape index (κ1) is 12.6. The summed E-state index contributed by atoms with van der Waals surface area (Å²) in [6, 6.07) is 2.47. The van der Waals surface area contributed by atoms with Crippen LogP contribution in [0.5, 0.6) is 0 Å². The molecule has 0 aromatic carbocycles. The second kappa shape index (κ2) is 5.65. The number of hydrogen-bond acceptors (Lipinski definition) is 2. The average molecular weight is 302 g/mol. The van der Waals surface area contributed by atoms with E-state index in [0.29, 0.717) is 6.04 Å². The summed E-state index contributed by atoms with van der Waals surface area (Å²) in [5.74, 6) is 1.68. The van der Waals surface area contributed by atoms with Crippen molar-refractivity contribution in [2.75, 3.05) is 0 Å². The van der Waals surface area contributed by atoms with Gasteiger partial charge < -0.3 is 5.73 Å². The molecule has 16 heavy (non-hydrogen) atoms. The normalized spacial score (nSPS) is 27.2. The Morgan fingerprint density at radius 1 is 1.56 bits per heavy atom. The second-order valence-electron chi connectivity index (χ2n) is 4.91. The summed E-state index contributed by atoms with van der Waals surface area (Å²) in [5, 5.41) is 2.13. The molecule has 0 saturated heterocycles. The van der Waals surface area contributed by atoms with Crippen molar-refractivity contribution < 1.29 is 0 Å². The Kier molecular flexibility index (Phi) is 4.45. The van der Waals surface area contributed by atoms with Crippen molar-refractivity contribution in [1.29, 1.82) is 0 Å². The van der Waals surface area contributed by atoms with Crippen LogP contribution in [0.15, 0.2) is 15.9 Å². The Balaban J connectivity index is 1.89. The maximum Gasteiger partial charge on any atom is 0.0314 e. The highest BCUT2D eigenvalue weighted by Gasteiger charge is 2.28. The number of thiophene rings is 1. The van der Waals surface area contributed by atoms with E-state index in [1.54, 1.807) is 0 Å². The van der Waals surface area contributed by atoms with Gasteiger partial charge in [0.25, 0.3) is 0 Å². The Labute approximate surface area is 111 Å². The maximum absolute atomic E-state index is 6.34. The minimum absolute atomic E-state index is 0.353. The molecule has 3 heteroatoms. The first-order valence-electron chi connectivity index (χ1n) is 6.18. The lowest BCUT2D eigenvalue weighted by Crippen LogP contribution is -2.30. The molecule has 1 aliphatic rings. The van der Waals surface area contributed by atoms with Gasteiger partial charge in [0.1, 0.15) is 0 Å². The molecule has 1 aromatic rings. The molecule has 0 bridgehead atoms. The fraction of sp³-hybridized carbons (Fsp3) is 0.692. The first-order chi connectivity index (χ1) is 7.70. The zero-order valence-electron chi connectivity index (χ0n) is 9.79. The fourth-order valence-corrected chi connectivity index (χ4v) is 4.31. The summed E-state index contributed by atoms with van der Waals surface area (Å²) in [5.41, 5.74) is 6.34. The summed E-state index contributed by atoms with van der Waals surface area (Å²) < 4.78 is 1.23. The number of hydrogen-bond donors (Lipinski definition) is 1. The quantitative estimate of drug-likeness (QED) is 0.886. The van der Waals surface area contributed by atoms with Gasteiger partial charge in [0.15, 0.2) is 0 Å². The predicted octanol–water partition coefficient (Wildman–Crippen LogP) is 4.21. The third kappa shape index (κ3) is 2.88. The lowest BCUT2D eigenvalue weighted by molar-refractivity contribution is 0.406. The lowest BCUT2D eigenvalue weighted by Gasteiger charge is -2.18. The van der Waals surface area contributed by atoms with E-state index in [4.69, 9.17) is 5.73 Å². The van der Waals surface area contributed by atoms with E-state index in [0.717, 1.165) is 18.3 Å². The van der Waals surface area contributed by atoms with E-state index in [1.807, 2.05) is 11.3 Å². The molecule has 1 aliphatic carbocycles. The third-order valence-electron chi connectivity index (χ3n) is 3.88. The van der Waals surface area contributed by atoms with Gasteiger partial charge in [0, 0.05) is 15.4 Å². The van der Waals surface area contributed by atoms with Crippen LogP contribution in [-0.2, 0) is 6.42 Å². The van der Waals surface area contributed by atoms with Crippen LogP contribution in [0.3, 0.4) is 0 Å². The molecule has 1 fully saturated rings. The first-order valence-corrected chi connectivity index (χ1v) is 7.85. The van der Waals surface area contributed by atoms with Crippen molar-refractivity contribution >= 4 is 27.3 Å². The molecule has 1 heterocycles. The zero-order chi connectivity index (χ0) is 11.5. The van der Waals surface area contributed by atoms with E-state index in [9.17, 15) is 0 Å². The van der Waals surface area contributed by atoms with Gasteiger partial charge in [-0.1, -0.05) is 19.8 Å². The van der Waals surface area contributed by atoms with E-state index < -0.39 is 0 Å². The molecule has 1 saturated carbocycles. The van der Waals surface area contributed by atoms with Gasteiger partial charge in [-0.3, -0.25) is 0 Å². The van der Waals surface area contributed by atoms with Crippen LogP contribution in [-0.4, -0.2) is 6.04 Å². The van der Waals surface area contributed by atoms with Crippen LogP contribution in [0.25, 0.3) is 0 Å². The lowest BCUT2D eigenvalue weighted by atomic mass is 9.94. The van der Waals surface area contributed by atoms with Gasteiger partial charge in [-0.25, -0.2) is 0 Å². The molecule has 0 amide bonds. The van der Waals surface area contributed by atoms with Crippen LogP contribution in [0.4, 0.5) is 0 Å². The van der Waals surface area contributed by atoms with Crippen molar-refractivity contribution in [1.82, 2.24) is 0 Å². The molecule has 1 nitrogen and oxygen atoms in total. The zero-order valence-corrected chi connectivity index (χ0v) is 12.2. The molecular formula is C13H20BrNS. The Bertz CT molecular complexity index is 336. The fourth-order valence-electron chi connectivity index (χ4n) is 2.72. The summed E-state index contributed by atoms with van der Waals surface area (Å²) in [7, 11) is 0. The molecule has 0 aliphatic heterocycles. The van der Waals surface area contributed by atoms with E-state index in [-0.39, 0.29) is 0 Å². The van der Waals surface area contributed by atoms with E-state index in [2.05, 4.69) is 34.3 Å². The van der Waals surface area contributed by atoms with Crippen molar-refractivity contribution in [3.63, 3.8) is 0 Å². The van der Waals surface area contributed by atoms with E-state index >= 15 is 0 Å². The van der Waals surface area contributed by atoms with Gasteiger partial charge in [0.05, 0.1) is 0 Å². The maximum atomic E-state index is 6.34. The van der Waals surface area contributed by atoms with Gasteiger partial charge >= 0.3 is 0 Å². The SMILES string of the molecule is CCC1CCC(C(N)Cc2sccc2Br)C1. The predicted molar refractivity (Wildman–Crippen MR) is 74.8 cm³/mol. The van der Waals surface area contributed by atoms with Crippen LogP contribution in [0.2, 0.25) is 0 Å². The molecular weight excluding hydrogens is 282 g/mol. The number of halogens is 1. The van der Waals surface area contributed by atoms with Crippen LogP contribution >= 0.6 is 27.3 Å². The molecule has 0 radical (unpaired) electrons. The summed E-state index contributed by atoms with van der Waals surface area (Å²) >= 11 is 5.40. The molecule has 2 rings (SSSR count). The van der Waals surface area contributed by atoms with Crippen molar-refractivity contribution in [2.45, 2.75) is 45.1 Å². The van der Waals surface area contributed by atoms with Gasteiger partial charge in [-0.15, -0.1) is 11.3 Å². The highest BCUT2D eigenvalue weighted by molar-refractivity contribution is 9.10.